The van der Waals surface area contributed by atoms with Crippen molar-refractivity contribution < 1.29 is 67.4 Å². The van der Waals surface area contributed by atoms with Crippen molar-refractivity contribution in [2.75, 3.05) is 26.2 Å². The van der Waals surface area contributed by atoms with Crippen LogP contribution in [-0.4, -0.2) is 187 Å². The van der Waals surface area contributed by atoms with Gasteiger partial charge >= 0.3 is 5.97 Å². The summed E-state index contributed by atoms with van der Waals surface area (Å²) in [7, 11) is 0. The number of unbranched alkanes of at least 4 members (excludes halogenated alkanes) is 4. The Bertz CT molecular complexity index is 2810. The maximum absolute atomic E-state index is 14.4. The van der Waals surface area contributed by atoms with Crippen molar-refractivity contribution in [1.82, 2.24) is 63.8 Å². The van der Waals surface area contributed by atoms with E-state index in [9.17, 15) is 67.4 Å². The Labute approximate surface area is 610 Å². The first-order valence-electron chi connectivity index (χ1n) is 37.0. The van der Waals surface area contributed by atoms with E-state index >= 15 is 0 Å². The number of nitrogens with two attached hydrogens (primary N) is 5. The number of carbonyl (C=O) groups is 13. The predicted octanol–water partition coefficient (Wildman–Crippen LogP) is 0.265. The summed E-state index contributed by atoms with van der Waals surface area (Å²) in [5, 5.41) is 42.2. The standard InChI is InChI=1S/C72H129N17O14/c1-41(2)35-55(88-70(100)57(37-43(5)6)86-66(96)52(28-18-22-32-74)82-60(90)46(11)78-63(93)50(77)40-49-25-15-14-16-26-49)68(98)80-47(12)61(91)81-51(27-17-21-31-73)64(94)79-48(13)62(92)85-56(36-42(3)4)69(99)84-53(29-19-23-33-75)65(95)83-54(30-20-24-34-76)67(97)87-58(38-44(7)8)71(101)89-59(72(102)103)39-45(9)10/h14-16,25-26,41-48,50-59H,17-24,27-40,73-77H2,1-13H3,(H,78,93)(H,79,94)(H,80,98)(H,81,91)(H,82,90)(H,83,95)(H,84,99)(H,85,92)(H,86,96)(H,87,97)(H,88,100)(H,89,101)(H,102,103)/t46-,47-,48-,50-,51-,52-,53-,54-,55-,56-,57-,58-,59-/m0/s1. The van der Waals surface area contributed by atoms with Crippen molar-refractivity contribution >= 4 is 76.9 Å². The Morgan fingerprint density at radius 3 is 0.777 bits per heavy atom. The molecule has 31 nitrogen and oxygen atoms in total. The molecular weight excluding hydrogens is 1330 g/mol. The molecule has 0 heterocycles. The van der Waals surface area contributed by atoms with Gasteiger partial charge in [-0.2, -0.15) is 0 Å². The number of hydrogen-bond acceptors (Lipinski definition) is 18. The van der Waals surface area contributed by atoms with E-state index < -0.39 is 155 Å². The Morgan fingerprint density at radius 1 is 0.291 bits per heavy atom. The molecule has 13 atom stereocenters. The highest BCUT2D eigenvalue weighted by molar-refractivity contribution is 5.99. The van der Waals surface area contributed by atoms with Crippen molar-refractivity contribution in [3.05, 3.63) is 35.9 Å². The van der Waals surface area contributed by atoms with Gasteiger partial charge < -0.3 is 97.6 Å². The number of hydrogen-bond donors (Lipinski definition) is 18. The molecule has 0 spiro atoms. The number of carbonyl (C=O) groups excluding carboxylic acids is 12. The minimum Gasteiger partial charge on any atom is -0.480 e. The molecule has 0 aliphatic heterocycles. The number of nitrogens with one attached hydrogen (secondary N) is 12. The van der Waals surface area contributed by atoms with E-state index in [1.807, 2.05) is 99.6 Å². The summed E-state index contributed by atoms with van der Waals surface area (Å²) in [5.41, 5.74) is 30.2. The molecule has 1 rings (SSSR count). The predicted molar refractivity (Wildman–Crippen MR) is 395 cm³/mol. The third-order valence-corrected chi connectivity index (χ3v) is 16.9. The molecule has 23 N–H and O–H groups in total. The van der Waals surface area contributed by atoms with Crippen molar-refractivity contribution in [3.8, 4) is 0 Å². The molecule has 1 aromatic rings. The molecule has 0 saturated carbocycles. The first-order valence-corrected chi connectivity index (χ1v) is 37.0. The highest BCUT2D eigenvalue weighted by Gasteiger charge is 2.37. The van der Waals surface area contributed by atoms with Crippen LogP contribution in [0.3, 0.4) is 0 Å². The monoisotopic (exact) mass is 1460 g/mol. The Balaban J connectivity index is 3.39. The third-order valence-electron chi connectivity index (χ3n) is 16.9. The molecule has 0 saturated heterocycles. The molecule has 1 aromatic carbocycles. The lowest BCUT2D eigenvalue weighted by molar-refractivity contribution is -0.143. The van der Waals surface area contributed by atoms with Gasteiger partial charge in [0.2, 0.25) is 70.9 Å². The summed E-state index contributed by atoms with van der Waals surface area (Å²) >= 11 is 0. The smallest absolute Gasteiger partial charge is 0.326 e. The lowest BCUT2D eigenvalue weighted by Gasteiger charge is -2.28. The van der Waals surface area contributed by atoms with Gasteiger partial charge in [-0.3, -0.25) is 57.5 Å². The van der Waals surface area contributed by atoms with E-state index in [4.69, 9.17) is 28.7 Å². The van der Waals surface area contributed by atoms with Crippen LogP contribution in [0.25, 0.3) is 0 Å². The van der Waals surface area contributed by atoms with Crippen molar-refractivity contribution in [2.45, 2.75) is 284 Å². The first kappa shape index (κ1) is 93.1. The van der Waals surface area contributed by atoms with Crippen LogP contribution in [-0.2, 0) is 68.7 Å². The van der Waals surface area contributed by atoms with Crippen molar-refractivity contribution in [2.24, 2.45) is 58.3 Å². The van der Waals surface area contributed by atoms with E-state index in [0.29, 0.717) is 57.9 Å². The molecule has 0 aliphatic rings. The fourth-order valence-corrected chi connectivity index (χ4v) is 11.2. The lowest BCUT2D eigenvalue weighted by atomic mass is 9.99. The van der Waals surface area contributed by atoms with Crippen LogP contribution in [0.4, 0.5) is 0 Å². The van der Waals surface area contributed by atoms with E-state index in [-0.39, 0.29) is 113 Å². The van der Waals surface area contributed by atoms with Crippen LogP contribution in [0, 0.1) is 29.6 Å². The summed E-state index contributed by atoms with van der Waals surface area (Å²) in [4.78, 5) is 180. The molecule has 0 aliphatic carbocycles. The minimum absolute atomic E-state index is 0.0524. The van der Waals surface area contributed by atoms with Crippen LogP contribution in [0.5, 0.6) is 0 Å². The normalized spacial score (nSPS) is 15.3. The quantitative estimate of drug-likeness (QED) is 0.0389. The molecule has 0 radical (unpaired) electrons. The van der Waals surface area contributed by atoms with Crippen LogP contribution >= 0.6 is 0 Å². The zero-order valence-electron chi connectivity index (χ0n) is 63.5. The summed E-state index contributed by atoms with van der Waals surface area (Å²) in [6.45, 7) is 23.5. The van der Waals surface area contributed by atoms with E-state index in [1.165, 1.54) is 20.8 Å². The van der Waals surface area contributed by atoms with Crippen molar-refractivity contribution in [1.29, 1.82) is 0 Å². The zero-order chi connectivity index (χ0) is 78.1. The SMILES string of the molecule is CC(C)C[C@H](NC(=O)[C@H](CC(C)C)NC(=O)[C@H](CCCCN)NC(=O)[C@H](CCCCN)NC(=O)[C@H](CC(C)C)NC(=O)[C@H](C)NC(=O)[C@H](CCCCN)NC(=O)[C@H](C)NC(=O)[C@H](CC(C)C)NC(=O)[C@H](CC(C)C)NC(=O)[C@H](CCCCN)NC(=O)[C@H](C)NC(=O)[C@@H](N)Cc1ccccc1)C(=O)O. The largest absolute Gasteiger partial charge is 0.480 e. The molecule has 0 bridgehead atoms. The molecule has 0 unspecified atom stereocenters. The fourth-order valence-electron chi connectivity index (χ4n) is 11.2. The molecular formula is C72H129N17O14. The lowest BCUT2D eigenvalue weighted by Crippen LogP contribution is -2.60. The van der Waals surface area contributed by atoms with E-state index in [1.54, 1.807) is 0 Å². The number of aliphatic carboxylic acids is 1. The number of amides is 12. The van der Waals surface area contributed by atoms with Crippen LogP contribution in [0.2, 0.25) is 0 Å². The van der Waals surface area contributed by atoms with Gasteiger partial charge in [0.05, 0.1) is 6.04 Å². The Hall–Kier alpha value is -7.87. The fraction of sp³-hybridized carbons (Fsp3) is 0.736. The average Bonchev–Trinajstić information content (AvgIpc) is 0.866. The van der Waals surface area contributed by atoms with E-state index in [2.05, 4.69) is 63.8 Å². The second-order valence-corrected chi connectivity index (χ2v) is 29.2. The second kappa shape index (κ2) is 50.5. The summed E-state index contributed by atoms with van der Waals surface area (Å²) in [6.07, 6.45) is 4.64. The van der Waals surface area contributed by atoms with Crippen LogP contribution < -0.4 is 92.5 Å². The zero-order valence-corrected chi connectivity index (χ0v) is 63.5. The van der Waals surface area contributed by atoms with Gasteiger partial charge in [0.15, 0.2) is 0 Å². The van der Waals surface area contributed by atoms with Gasteiger partial charge in [-0.15, -0.1) is 0 Å². The van der Waals surface area contributed by atoms with Crippen molar-refractivity contribution in [3.63, 3.8) is 0 Å². The minimum atomic E-state index is -1.31. The highest BCUT2D eigenvalue weighted by Crippen LogP contribution is 2.16. The van der Waals surface area contributed by atoms with Gasteiger partial charge in [-0.25, -0.2) is 4.79 Å². The molecule has 12 amide bonds. The van der Waals surface area contributed by atoms with Gasteiger partial charge in [0.1, 0.15) is 72.5 Å². The Morgan fingerprint density at radius 2 is 0.505 bits per heavy atom. The summed E-state index contributed by atoms with van der Waals surface area (Å²) < 4.78 is 0. The molecule has 0 fully saturated rings. The number of benzene rings is 1. The first-order chi connectivity index (χ1) is 48.5. The molecule has 103 heavy (non-hydrogen) atoms. The molecule has 586 valence electrons. The second-order valence-electron chi connectivity index (χ2n) is 29.2. The van der Waals surface area contributed by atoms with Gasteiger partial charge in [0.25, 0.3) is 0 Å². The summed E-state index contributed by atoms with van der Waals surface area (Å²) in [5.74, 6) is -10.6. The molecule has 31 heteroatoms. The van der Waals surface area contributed by atoms with Gasteiger partial charge in [-0.05, 0) is 198 Å². The number of carboxylic acid groups (broad SMARTS) is 1. The number of carboxylic acids is 1. The molecule has 0 aromatic heterocycles. The summed E-state index contributed by atoms with van der Waals surface area (Å²) in [6, 6.07) is -6.51. The number of rotatable bonds is 53. The highest BCUT2D eigenvalue weighted by atomic mass is 16.4. The average molecular weight is 1460 g/mol. The maximum atomic E-state index is 14.4. The third kappa shape index (κ3) is 38.5. The van der Waals surface area contributed by atoms with Crippen LogP contribution in [0.15, 0.2) is 30.3 Å². The van der Waals surface area contributed by atoms with Gasteiger partial charge in [0, 0.05) is 0 Å². The van der Waals surface area contributed by atoms with Crippen LogP contribution in [0.1, 0.15) is 205 Å². The Kier molecular flexibility index (Phi) is 45.7. The maximum Gasteiger partial charge on any atom is 0.326 e. The topological polar surface area (TPSA) is 517 Å². The van der Waals surface area contributed by atoms with E-state index in [0.717, 1.165) is 5.56 Å². The van der Waals surface area contributed by atoms with Gasteiger partial charge in [-0.1, -0.05) is 99.6 Å².